The van der Waals surface area contributed by atoms with Crippen molar-refractivity contribution in [2.45, 2.75) is 13.0 Å². The van der Waals surface area contributed by atoms with Gasteiger partial charge in [0.1, 0.15) is 23.7 Å². The normalized spacial score (nSPS) is 15.0. The number of nitrogens with zero attached hydrogens (tertiary/aromatic N) is 6. The van der Waals surface area contributed by atoms with Crippen molar-refractivity contribution >= 4 is 28.4 Å². The summed E-state index contributed by atoms with van der Waals surface area (Å²) in [6, 6.07) is 12.5. The lowest BCUT2D eigenvalue weighted by atomic mass is 10.1. The van der Waals surface area contributed by atoms with Crippen molar-refractivity contribution in [3.63, 3.8) is 0 Å². The van der Waals surface area contributed by atoms with Crippen LogP contribution in [0.4, 0.5) is 15.9 Å². The molecule has 40 heavy (non-hydrogen) atoms. The first-order valence-electron chi connectivity index (χ1n) is 12.7. The second-order valence-corrected chi connectivity index (χ2v) is 9.64. The molecule has 0 aliphatic carbocycles. The third-order valence-corrected chi connectivity index (χ3v) is 6.87. The molecule has 6 rings (SSSR count). The van der Waals surface area contributed by atoms with Crippen molar-refractivity contribution in [2.75, 3.05) is 24.3 Å². The summed E-state index contributed by atoms with van der Waals surface area (Å²) in [5, 5.41) is 12.3. The van der Waals surface area contributed by atoms with Gasteiger partial charge < -0.3 is 15.8 Å². The minimum atomic E-state index is -0.654. The van der Waals surface area contributed by atoms with Crippen LogP contribution in [0.3, 0.4) is 0 Å². The van der Waals surface area contributed by atoms with Gasteiger partial charge in [0.2, 0.25) is 5.43 Å². The highest BCUT2D eigenvalue weighted by molar-refractivity contribution is 6.03. The van der Waals surface area contributed by atoms with E-state index in [2.05, 4.69) is 25.5 Å². The maximum atomic E-state index is 13.5. The Labute approximate surface area is 227 Å². The molecule has 1 fully saturated rings. The molecule has 5 aromatic rings. The molecule has 2 aromatic carbocycles. The SMILES string of the molecule is Cn1nc(-c2ccc(NC(=O)c3nn(CC4CCOC4)cc(-c4ccc(F)cc4)c3=O)cc2)c2c(N)ncnc21. The zero-order valence-electron chi connectivity index (χ0n) is 21.5. The van der Waals surface area contributed by atoms with Crippen LogP contribution < -0.4 is 16.5 Å². The van der Waals surface area contributed by atoms with Crippen LogP contribution in [-0.2, 0) is 18.3 Å². The predicted molar refractivity (Wildman–Crippen MR) is 147 cm³/mol. The van der Waals surface area contributed by atoms with Crippen LogP contribution in [0.25, 0.3) is 33.4 Å². The Bertz CT molecular complexity index is 1780. The van der Waals surface area contributed by atoms with Crippen LogP contribution >= 0.6 is 0 Å². The lowest BCUT2D eigenvalue weighted by Crippen LogP contribution is -2.28. The van der Waals surface area contributed by atoms with Crippen molar-refractivity contribution in [3.8, 4) is 22.4 Å². The number of carbonyl (C=O) groups excluding carboxylic acids is 1. The summed E-state index contributed by atoms with van der Waals surface area (Å²) in [5.74, 6) is -0.546. The lowest BCUT2D eigenvalue weighted by Gasteiger charge is -2.14. The lowest BCUT2D eigenvalue weighted by molar-refractivity contribution is 0.101. The van der Waals surface area contributed by atoms with E-state index < -0.39 is 17.2 Å². The number of anilines is 2. The predicted octanol–water partition coefficient (Wildman–Crippen LogP) is 3.26. The number of hydrogen-bond donors (Lipinski definition) is 2. The standard InChI is InChI=1S/C28H25FN8O3/c1-36-27-22(26(30)31-15-32-27)23(34-36)18-4-8-20(9-5-18)33-28(39)24-25(38)21(17-2-6-19(29)7-3-17)13-37(35-24)12-16-10-11-40-14-16/h2-9,13,15-16H,10-12,14H2,1H3,(H,33,39)(H2,30,31,32). The zero-order valence-corrected chi connectivity index (χ0v) is 21.5. The quantitative estimate of drug-likeness (QED) is 0.334. The summed E-state index contributed by atoms with van der Waals surface area (Å²) in [5.41, 5.74) is 8.46. The number of halogens is 1. The zero-order chi connectivity index (χ0) is 27.8. The smallest absolute Gasteiger partial charge is 0.280 e. The van der Waals surface area contributed by atoms with Crippen LogP contribution in [0, 0.1) is 11.7 Å². The highest BCUT2D eigenvalue weighted by atomic mass is 19.1. The van der Waals surface area contributed by atoms with Gasteiger partial charge in [-0.3, -0.25) is 14.3 Å². The molecule has 0 saturated carbocycles. The van der Waals surface area contributed by atoms with Gasteiger partial charge in [0.05, 0.1) is 12.0 Å². The molecule has 3 aromatic heterocycles. The molecule has 0 bridgehead atoms. The Kier molecular flexibility index (Phi) is 6.52. The molecule has 12 heteroatoms. The molecular weight excluding hydrogens is 515 g/mol. The molecule has 1 amide bonds. The van der Waals surface area contributed by atoms with Gasteiger partial charge in [-0.1, -0.05) is 24.3 Å². The average molecular weight is 541 g/mol. The number of aryl methyl sites for hydroxylation is 1. The van der Waals surface area contributed by atoms with E-state index in [1.54, 1.807) is 46.9 Å². The molecule has 0 spiro atoms. The van der Waals surface area contributed by atoms with Gasteiger partial charge in [-0.25, -0.2) is 19.0 Å². The van der Waals surface area contributed by atoms with Crippen molar-refractivity contribution in [3.05, 3.63) is 82.8 Å². The number of fused-ring (bicyclic) bond motifs is 1. The number of carbonyl (C=O) groups is 1. The van der Waals surface area contributed by atoms with Gasteiger partial charge in [0.25, 0.3) is 5.91 Å². The molecular formula is C28H25FN8O3. The highest BCUT2D eigenvalue weighted by Crippen LogP contribution is 2.30. The number of nitrogens with one attached hydrogen (secondary N) is 1. The minimum absolute atomic E-state index is 0.210. The van der Waals surface area contributed by atoms with E-state index in [4.69, 9.17) is 10.5 Å². The second kappa shape index (κ2) is 10.3. The highest BCUT2D eigenvalue weighted by Gasteiger charge is 2.22. The molecule has 1 saturated heterocycles. The van der Waals surface area contributed by atoms with Crippen LogP contribution in [0.2, 0.25) is 0 Å². The molecule has 11 nitrogen and oxygen atoms in total. The van der Waals surface area contributed by atoms with E-state index in [1.165, 1.54) is 30.6 Å². The topological polar surface area (TPSA) is 143 Å². The van der Waals surface area contributed by atoms with E-state index in [9.17, 15) is 14.0 Å². The fourth-order valence-electron chi connectivity index (χ4n) is 4.82. The summed E-state index contributed by atoms with van der Waals surface area (Å²) in [6.45, 7) is 1.72. The summed E-state index contributed by atoms with van der Waals surface area (Å²) in [4.78, 5) is 35.0. The van der Waals surface area contributed by atoms with E-state index in [-0.39, 0.29) is 17.2 Å². The van der Waals surface area contributed by atoms with Crippen molar-refractivity contribution in [1.82, 2.24) is 29.5 Å². The Morgan fingerprint density at radius 2 is 1.85 bits per heavy atom. The Hall–Kier alpha value is -4.97. The van der Waals surface area contributed by atoms with Gasteiger partial charge in [-0.15, -0.1) is 0 Å². The fourth-order valence-corrected chi connectivity index (χ4v) is 4.82. The van der Waals surface area contributed by atoms with Gasteiger partial charge in [-0.2, -0.15) is 10.2 Å². The Balaban J connectivity index is 1.31. The van der Waals surface area contributed by atoms with Crippen LogP contribution in [0.1, 0.15) is 16.9 Å². The summed E-state index contributed by atoms with van der Waals surface area (Å²) in [6.07, 6.45) is 3.85. The molecule has 4 heterocycles. The first-order valence-corrected chi connectivity index (χ1v) is 12.7. The number of nitrogens with two attached hydrogens (primary N) is 1. The average Bonchev–Trinajstić information content (AvgIpc) is 3.59. The van der Waals surface area contributed by atoms with Crippen molar-refractivity contribution in [1.29, 1.82) is 0 Å². The molecule has 1 unspecified atom stereocenters. The van der Waals surface area contributed by atoms with E-state index in [1.807, 2.05) is 0 Å². The van der Waals surface area contributed by atoms with E-state index in [0.717, 1.165) is 12.0 Å². The van der Waals surface area contributed by atoms with E-state index >= 15 is 0 Å². The third kappa shape index (κ3) is 4.80. The van der Waals surface area contributed by atoms with Crippen LogP contribution in [0.5, 0.6) is 0 Å². The molecule has 202 valence electrons. The summed E-state index contributed by atoms with van der Waals surface area (Å²) in [7, 11) is 1.77. The fraction of sp³-hybridized carbons (Fsp3) is 0.214. The first kappa shape index (κ1) is 25.3. The summed E-state index contributed by atoms with van der Waals surface area (Å²) >= 11 is 0. The molecule has 3 N–H and O–H groups in total. The number of amides is 1. The van der Waals surface area contributed by atoms with Crippen LogP contribution in [-0.4, -0.2) is 48.6 Å². The Morgan fingerprint density at radius 1 is 1.10 bits per heavy atom. The molecule has 1 aliphatic rings. The third-order valence-electron chi connectivity index (χ3n) is 6.87. The number of ether oxygens (including phenoxy) is 1. The first-order chi connectivity index (χ1) is 19.4. The molecule has 0 radical (unpaired) electrons. The monoisotopic (exact) mass is 540 g/mol. The minimum Gasteiger partial charge on any atom is -0.383 e. The van der Waals surface area contributed by atoms with Gasteiger partial charge in [-0.05, 0) is 36.2 Å². The Morgan fingerprint density at radius 3 is 2.58 bits per heavy atom. The number of rotatable bonds is 6. The maximum absolute atomic E-state index is 13.5. The van der Waals surface area contributed by atoms with E-state index in [0.29, 0.717) is 53.6 Å². The largest absolute Gasteiger partial charge is 0.383 e. The van der Waals surface area contributed by atoms with Crippen molar-refractivity contribution in [2.24, 2.45) is 13.0 Å². The molecule has 1 atom stereocenters. The van der Waals surface area contributed by atoms with Crippen LogP contribution in [0.15, 0.2) is 65.8 Å². The van der Waals surface area contributed by atoms with Gasteiger partial charge >= 0.3 is 0 Å². The van der Waals surface area contributed by atoms with Gasteiger partial charge in [0.15, 0.2) is 11.3 Å². The maximum Gasteiger partial charge on any atom is 0.280 e. The summed E-state index contributed by atoms with van der Waals surface area (Å²) < 4.78 is 22.2. The number of nitrogen functional groups attached to an aromatic ring is 1. The number of hydrogen-bond acceptors (Lipinski definition) is 8. The van der Waals surface area contributed by atoms with Crippen molar-refractivity contribution < 1.29 is 13.9 Å². The number of aromatic nitrogens is 6. The van der Waals surface area contributed by atoms with Gasteiger partial charge in [0, 0.05) is 49.1 Å². The number of benzene rings is 2. The second-order valence-electron chi connectivity index (χ2n) is 9.64. The molecule has 1 aliphatic heterocycles.